The van der Waals surface area contributed by atoms with Crippen molar-refractivity contribution in [1.82, 2.24) is 24.8 Å². The van der Waals surface area contributed by atoms with E-state index in [1.807, 2.05) is 6.07 Å². The van der Waals surface area contributed by atoms with Crippen molar-refractivity contribution in [3.05, 3.63) is 41.3 Å². The van der Waals surface area contributed by atoms with Gasteiger partial charge in [-0.05, 0) is 18.2 Å². The van der Waals surface area contributed by atoms with Crippen molar-refractivity contribution in [1.29, 1.82) is 5.26 Å². The number of likely N-dealkylation sites (tertiary alicyclic amines) is 1. The van der Waals surface area contributed by atoms with Gasteiger partial charge in [0.1, 0.15) is 41.6 Å². The number of nitrogens with one attached hydrogen (secondary N) is 1. The molecule has 13 heteroatoms. The van der Waals surface area contributed by atoms with Crippen LogP contribution in [0.5, 0.6) is 5.75 Å². The van der Waals surface area contributed by atoms with Crippen LogP contribution in [0.2, 0.25) is 0 Å². The summed E-state index contributed by atoms with van der Waals surface area (Å²) < 4.78 is 20.3. The second-order valence-electron chi connectivity index (χ2n) is 7.33. The largest absolute Gasteiger partial charge is 0.486 e. The molecule has 4 rings (SSSR count). The SMILES string of the molecule is N#Cc1cc(-c2ncnc(Nc3scnc3CO)n2)ccc1O[C@H]1CCN(C(=O)CO)C[C@H]1F. The number of anilines is 2. The molecular weight excluding hydrogens is 465 g/mol. The summed E-state index contributed by atoms with van der Waals surface area (Å²) in [6.45, 7) is -0.821. The van der Waals surface area contributed by atoms with Crippen LogP contribution in [0, 0.1) is 11.3 Å². The van der Waals surface area contributed by atoms with Gasteiger partial charge in [0.25, 0.3) is 0 Å². The minimum atomic E-state index is -1.46. The van der Waals surface area contributed by atoms with Crippen molar-refractivity contribution in [2.24, 2.45) is 0 Å². The number of aromatic nitrogens is 4. The fraction of sp³-hybridized carbons (Fsp3) is 0.333. The van der Waals surface area contributed by atoms with E-state index in [0.717, 1.165) is 0 Å². The van der Waals surface area contributed by atoms with Crippen molar-refractivity contribution < 1.29 is 24.1 Å². The van der Waals surface area contributed by atoms with E-state index in [4.69, 9.17) is 9.84 Å². The molecule has 2 atom stereocenters. The quantitative estimate of drug-likeness (QED) is 0.447. The molecule has 1 amide bonds. The minimum Gasteiger partial charge on any atom is -0.486 e. The zero-order valence-electron chi connectivity index (χ0n) is 17.8. The Kier molecular flexibility index (Phi) is 7.21. The molecule has 1 aliphatic rings. The predicted molar refractivity (Wildman–Crippen MR) is 119 cm³/mol. The first-order valence-corrected chi connectivity index (χ1v) is 11.1. The first-order chi connectivity index (χ1) is 16.5. The van der Waals surface area contributed by atoms with Crippen LogP contribution in [0.4, 0.5) is 15.3 Å². The van der Waals surface area contributed by atoms with Crippen molar-refractivity contribution >= 4 is 28.2 Å². The summed E-state index contributed by atoms with van der Waals surface area (Å²) in [5.74, 6) is 0.227. The number of nitriles is 1. The number of hydrogen-bond acceptors (Lipinski definition) is 11. The van der Waals surface area contributed by atoms with E-state index in [-0.39, 0.29) is 43.4 Å². The topological polar surface area (TPSA) is 157 Å². The van der Waals surface area contributed by atoms with E-state index in [1.165, 1.54) is 28.6 Å². The molecule has 0 unspecified atom stereocenters. The van der Waals surface area contributed by atoms with Gasteiger partial charge < -0.3 is 25.2 Å². The Morgan fingerprint density at radius 1 is 1.35 bits per heavy atom. The molecule has 0 spiro atoms. The third-order valence-corrected chi connectivity index (χ3v) is 5.98. The van der Waals surface area contributed by atoms with Crippen LogP contribution < -0.4 is 10.1 Å². The summed E-state index contributed by atoms with van der Waals surface area (Å²) >= 11 is 1.29. The Balaban J connectivity index is 1.50. The molecule has 2 aromatic heterocycles. The maximum Gasteiger partial charge on any atom is 0.248 e. The Labute approximate surface area is 197 Å². The molecule has 1 aromatic carbocycles. The van der Waals surface area contributed by atoms with Gasteiger partial charge in [-0.25, -0.2) is 19.3 Å². The number of carbonyl (C=O) groups excluding carboxylic acids is 1. The monoisotopic (exact) mass is 485 g/mol. The average molecular weight is 486 g/mol. The lowest BCUT2D eigenvalue weighted by atomic mass is 10.0. The lowest BCUT2D eigenvalue weighted by molar-refractivity contribution is -0.138. The van der Waals surface area contributed by atoms with Crippen LogP contribution >= 0.6 is 11.3 Å². The summed E-state index contributed by atoms with van der Waals surface area (Å²) in [5, 5.41) is 31.5. The fourth-order valence-electron chi connectivity index (χ4n) is 3.45. The Morgan fingerprint density at radius 3 is 2.94 bits per heavy atom. The zero-order chi connectivity index (χ0) is 24.1. The van der Waals surface area contributed by atoms with E-state index in [2.05, 4.69) is 25.3 Å². The molecule has 1 aliphatic heterocycles. The summed E-state index contributed by atoms with van der Waals surface area (Å²) in [5.41, 5.74) is 2.77. The summed E-state index contributed by atoms with van der Waals surface area (Å²) in [7, 11) is 0. The number of ether oxygens (including phenoxy) is 1. The summed E-state index contributed by atoms with van der Waals surface area (Å²) in [6.07, 6.45) is -0.734. The van der Waals surface area contributed by atoms with E-state index in [0.29, 0.717) is 22.1 Å². The lowest BCUT2D eigenvalue weighted by Gasteiger charge is -2.34. The highest BCUT2D eigenvalue weighted by Crippen LogP contribution is 2.29. The van der Waals surface area contributed by atoms with E-state index < -0.39 is 24.8 Å². The van der Waals surface area contributed by atoms with E-state index in [9.17, 15) is 19.6 Å². The van der Waals surface area contributed by atoms with Gasteiger partial charge in [0.05, 0.1) is 24.2 Å². The van der Waals surface area contributed by atoms with Crippen molar-refractivity contribution in [2.45, 2.75) is 25.3 Å². The van der Waals surface area contributed by atoms with Crippen LogP contribution in [0.25, 0.3) is 11.4 Å². The smallest absolute Gasteiger partial charge is 0.248 e. The molecule has 3 heterocycles. The number of amides is 1. The van der Waals surface area contributed by atoms with Crippen molar-refractivity contribution in [3.8, 4) is 23.2 Å². The summed E-state index contributed by atoms with van der Waals surface area (Å²) in [4.78, 5) is 29.5. The van der Waals surface area contributed by atoms with Gasteiger partial charge in [-0.2, -0.15) is 10.2 Å². The Morgan fingerprint density at radius 2 is 2.21 bits per heavy atom. The first-order valence-electron chi connectivity index (χ1n) is 10.3. The van der Waals surface area contributed by atoms with E-state index >= 15 is 0 Å². The first kappa shape index (κ1) is 23.4. The van der Waals surface area contributed by atoms with Crippen LogP contribution in [-0.4, -0.2) is 72.9 Å². The average Bonchev–Trinajstić information content (AvgIpc) is 3.32. The molecule has 0 saturated carbocycles. The number of carbonyl (C=O) groups is 1. The standard InChI is InChI=1S/C21H20FN7O4S/c22-14-7-29(18(32)9-31)4-3-17(14)33-16-2-1-12(5-13(16)6-23)19-24-10-25-21(27-19)28-20-15(8-30)26-11-34-20/h1-2,5,10-11,14,17,30-31H,3-4,7-9H2,(H,24,25,27,28)/t14-,17+/m1/s1. The summed E-state index contributed by atoms with van der Waals surface area (Å²) in [6, 6.07) is 6.79. The molecule has 3 aromatic rings. The molecule has 34 heavy (non-hydrogen) atoms. The minimum absolute atomic E-state index is 0.178. The molecule has 0 aliphatic carbocycles. The second-order valence-corrected chi connectivity index (χ2v) is 8.18. The van der Waals surface area contributed by atoms with Gasteiger partial charge in [-0.3, -0.25) is 4.79 Å². The number of thiazole rings is 1. The van der Waals surface area contributed by atoms with Gasteiger partial charge in [-0.1, -0.05) is 0 Å². The zero-order valence-corrected chi connectivity index (χ0v) is 18.6. The third-order valence-electron chi connectivity index (χ3n) is 5.19. The van der Waals surface area contributed by atoms with Crippen molar-refractivity contribution in [2.75, 3.05) is 25.0 Å². The van der Waals surface area contributed by atoms with Gasteiger partial charge in [0.15, 0.2) is 12.0 Å². The molecule has 3 N–H and O–H groups in total. The van der Waals surface area contributed by atoms with Gasteiger partial charge >= 0.3 is 0 Å². The second kappa shape index (κ2) is 10.5. The maximum absolute atomic E-state index is 14.6. The molecule has 0 radical (unpaired) electrons. The number of hydrogen-bond donors (Lipinski definition) is 3. The Hall–Kier alpha value is -3.73. The van der Waals surface area contributed by atoms with Gasteiger partial charge in [0, 0.05) is 18.5 Å². The number of benzene rings is 1. The highest BCUT2D eigenvalue weighted by Gasteiger charge is 2.33. The number of rotatable bonds is 7. The lowest BCUT2D eigenvalue weighted by Crippen LogP contribution is -2.50. The molecule has 1 fully saturated rings. The molecule has 1 saturated heterocycles. The molecule has 0 bridgehead atoms. The van der Waals surface area contributed by atoms with Crippen LogP contribution in [0.15, 0.2) is 30.0 Å². The highest BCUT2D eigenvalue weighted by molar-refractivity contribution is 7.14. The van der Waals surface area contributed by atoms with Gasteiger partial charge in [0.2, 0.25) is 11.9 Å². The van der Waals surface area contributed by atoms with Crippen LogP contribution in [-0.2, 0) is 11.4 Å². The maximum atomic E-state index is 14.6. The molecular formula is C21H20FN7O4S. The van der Waals surface area contributed by atoms with Crippen LogP contribution in [0.3, 0.4) is 0 Å². The number of aliphatic hydroxyl groups is 2. The number of aliphatic hydroxyl groups excluding tert-OH is 2. The van der Waals surface area contributed by atoms with Crippen LogP contribution in [0.1, 0.15) is 17.7 Å². The normalized spacial score (nSPS) is 17.8. The van der Waals surface area contributed by atoms with Crippen molar-refractivity contribution in [3.63, 3.8) is 0 Å². The van der Waals surface area contributed by atoms with E-state index in [1.54, 1.807) is 17.6 Å². The highest BCUT2D eigenvalue weighted by atomic mass is 32.1. The number of nitrogens with zero attached hydrogens (tertiary/aromatic N) is 6. The number of piperidine rings is 1. The van der Waals surface area contributed by atoms with Gasteiger partial charge in [-0.15, -0.1) is 11.3 Å². The predicted octanol–water partition coefficient (Wildman–Crippen LogP) is 1.41. The third kappa shape index (κ3) is 5.09. The number of halogens is 1. The molecule has 11 nitrogen and oxygen atoms in total. The number of alkyl halides is 1. The molecule has 176 valence electrons. The Bertz CT molecular complexity index is 1220. The fourth-order valence-corrected chi connectivity index (χ4v) is 4.13.